The second-order valence-electron chi connectivity index (χ2n) is 9.01. The van der Waals surface area contributed by atoms with Gasteiger partial charge >= 0.3 is 0 Å². The number of piperidine rings is 1. The first-order chi connectivity index (χ1) is 14.3. The Balaban J connectivity index is 1.39. The standard InChI is InChI=1S/C23H27N5O2/c1-23(2,3)20-13-21(29)28(15-26-20)14-16-6-10-27(11-7-16)22(30)17-4-5-18-19(12-17)25-9-8-24-18/h4-5,8-9,12-13,15-16H,6-7,10-11,14H2,1-3H3. The zero-order chi connectivity index (χ0) is 21.3. The van der Waals surface area contributed by atoms with E-state index in [0.29, 0.717) is 31.1 Å². The van der Waals surface area contributed by atoms with E-state index < -0.39 is 0 Å². The lowest BCUT2D eigenvalue weighted by Gasteiger charge is -2.32. The molecule has 0 aliphatic carbocycles. The lowest BCUT2D eigenvalue weighted by atomic mass is 9.92. The van der Waals surface area contributed by atoms with Gasteiger partial charge in [0.25, 0.3) is 11.5 Å². The summed E-state index contributed by atoms with van der Waals surface area (Å²) in [4.78, 5) is 40.3. The molecule has 156 valence electrons. The van der Waals surface area contributed by atoms with Crippen molar-refractivity contribution in [2.75, 3.05) is 13.1 Å². The largest absolute Gasteiger partial charge is 0.339 e. The fraction of sp³-hybridized carbons (Fsp3) is 0.435. The van der Waals surface area contributed by atoms with Crippen molar-refractivity contribution in [3.63, 3.8) is 0 Å². The predicted molar refractivity (Wildman–Crippen MR) is 115 cm³/mol. The number of likely N-dealkylation sites (tertiary alicyclic amines) is 1. The summed E-state index contributed by atoms with van der Waals surface area (Å²) < 4.78 is 1.69. The highest BCUT2D eigenvalue weighted by Crippen LogP contribution is 2.22. The van der Waals surface area contributed by atoms with E-state index in [-0.39, 0.29) is 16.9 Å². The van der Waals surface area contributed by atoms with Crippen LogP contribution in [0.25, 0.3) is 11.0 Å². The molecule has 2 aromatic heterocycles. The fourth-order valence-electron chi connectivity index (χ4n) is 3.85. The third-order valence-electron chi connectivity index (χ3n) is 5.72. The minimum atomic E-state index is -0.141. The number of amides is 1. The Labute approximate surface area is 175 Å². The van der Waals surface area contributed by atoms with Crippen molar-refractivity contribution >= 4 is 16.9 Å². The van der Waals surface area contributed by atoms with E-state index in [2.05, 4.69) is 15.0 Å². The predicted octanol–water partition coefficient (Wildman–Crippen LogP) is 3.04. The number of carbonyl (C=O) groups is 1. The second-order valence-corrected chi connectivity index (χ2v) is 9.01. The SMILES string of the molecule is CC(C)(C)c1cc(=O)n(CC2CCN(C(=O)c3ccc4nccnc4c3)CC2)cn1. The summed E-state index contributed by atoms with van der Waals surface area (Å²) in [6.45, 7) is 8.16. The van der Waals surface area contributed by atoms with Crippen molar-refractivity contribution in [2.45, 2.75) is 45.6 Å². The molecule has 1 aliphatic heterocycles. The van der Waals surface area contributed by atoms with E-state index in [1.165, 1.54) is 0 Å². The zero-order valence-corrected chi connectivity index (χ0v) is 17.7. The summed E-state index contributed by atoms with van der Waals surface area (Å²) in [6.07, 6.45) is 6.68. The molecule has 0 radical (unpaired) electrons. The Morgan fingerprint density at radius 1 is 1.03 bits per heavy atom. The van der Waals surface area contributed by atoms with Crippen molar-refractivity contribution in [1.29, 1.82) is 0 Å². The van der Waals surface area contributed by atoms with Gasteiger partial charge in [0.05, 0.1) is 23.1 Å². The first-order valence-electron chi connectivity index (χ1n) is 10.4. The molecular formula is C23H27N5O2. The van der Waals surface area contributed by atoms with Crippen molar-refractivity contribution in [3.05, 3.63) is 64.6 Å². The van der Waals surface area contributed by atoms with Gasteiger partial charge in [-0.05, 0) is 37.0 Å². The Bertz CT molecular complexity index is 1120. The van der Waals surface area contributed by atoms with Crippen LogP contribution in [0.3, 0.4) is 0 Å². The van der Waals surface area contributed by atoms with Crippen LogP contribution in [0.5, 0.6) is 0 Å². The Morgan fingerprint density at radius 3 is 2.40 bits per heavy atom. The lowest BCUT2D eigenvalue weighted by molar-refractivity contribution is 0.0682. The van der Waals surface area contributed by atoms with Crippen molar-refractivity contribution in [1.82, 2.24) is 24.4 Å². The smallest absolute Gasteiger partial charge is 0.253 e. The number of nitrogens with zero attached hydrogens (tertiary/aromatic N) is 5. The van der Waals surface area contributed by atoms with Gasteiger partial charge in [-0.1, -0.05) is 20.8 Å². The summed E-state index contributed by atoms with van der Waals surface area (Å²) in [5.74, 6) is 0.380. The topological polar surface area (TPSA) is 81.0 Å². The number of fused-ring (bicyclic) bond motifs is 1. The van der Waals surface area contributed by atoms with E-state index in [1.54, 1.807) is 35.4 Å². The molecular weight excluding hydrogens is 378 g/mol. The van der Waals surface area contributed by atoms with Gasteiger partial charge in [0.1, 0.15) is 0 Å². The van der Waals surface area contributed by atoms with Gasteiger partial charge in [0, 0.05) is 49.1 Å². The average molecular weight is 406 g/mol. The van der Waals surface area contributed by atoms with Crippen molar-refractivity contribution in [2.24, 2.45) is 5.92 Å². The molecule has 0 unspecified atom stereocenters. The number of benzene rings is 1. The van der Waals surface area contributed by atoms with E-state index in [0.717, 1.165) is 29.6 Å². The monoisotopic (exact) mass is 405 g/mol. The summed E-state index contributed by atoms with van der Waals surface area (Å²) in [5, 5.41) is 0. The van der Waals surface area contributed by atoms with Crippen LogP contribution in [0.4, 0.5) is 0 Å². The minimum absolute atomic E-state index is 0.00861. The second kappa shape index (κ2) is 7.97. The summed E-state index contributed by atoms with van der Waals surface area (Å²) in [6, 6.07) is 7.09. The first-order valence-corrected chi connectivity index (χ1v) is 10.4. The highest BCUT2D eigenvalue weighted by molar-refractivity contribution is 5.97. The number of carbonyl (C=O) groups excluding carboxylic acids is 1. The van der Waals surface area contributed by atoms with Crippen LogP contribution in [0.1, 0.15) is 49.7 Å². The van der Waals surface area contributed by atoms with Crippen LogP contribution in [0.15, 0.2) is 47.8 Å². The quantitative estimate of drug-likeness (QED) is 0.669. The molecule has 3 aromatic rings. The van der Waals surface area contributed by atoms with Gasteiger partial charge < -0.3 is 4.90 Å². The molecule has 1 aliphatic rings. The number of hydrogen-bond acceptors (Lipinski definition) is 5. The maximum absolute atomic E-state index is 12.9. The third-order valence-corrected chi connectivity index (χ3v) is 5.72. The normalized spacial score (nSPS) is 15.5. The van der Waals surface area contributed by atoms with Gasteiger partial charge in [-0.2, -0.15) is 0 Å². The van der Waals surface area contributed by atoms with Gasteiger partial charge in [-0.25, -0.2) is 4.98 Å². The molecule has 0 saturated carbocycles. The van der Waals surface area contributed by atoms with Crippen LogP contribution in [-0.2, 0) is 12.0 Å². The molecule has 1 fully saturated rings. The van der Waals surface area contributed by atoms with Crippen LogP contribution in [0, 0.1) is 5.92 Å². The highest BCUT2D eigenvalue weighted by Gasteiger charge is 2.25. The van der Waals surface area contributed by atoms with E-state index in [4.69, 9.17) is 0 Å². The molecule has 0 atom stereocenters. The van der Waals surface area contributed by atoms with Gasteiger partial charge in [-0.3, -0.25) is 24.1 Å². The van der Waals surface area contributed by atoms with Crippen molar-refractivity contribution in [3.8, 4) is 0 Å². The van der Waals surface area contributed by atoms with Crippen LogP contribution in [0.2, 0.25) is 0 Å². The fourth-order valence-corrected chi connectivity index (χ4v) is 3.85. The van der Waals surface area contributed by atoms with Crippen LogP contribution < -0.4 is 5.56 Å². The van der Waals surface area contributed by atoms with Crippen molar-refractivity contribution < 1.29 is 4.79 Å². The lowest BCUT2D eigenvalue weighted by Crippen LogP contribution is -2.40. The minimum Gasteiger partial charge on any atom is -0.339 e. The zero-order valence-electron chi connectivity index (χ0n) is 17.7. The van der Waals surface area contributed by atoms with Gasteiger partial charge in [-0.15, -0.1) is 0 Å². The number of rotatable bonds is 3. The van der Waals surface area contributed by atoms with E-state index in [1.807, 2.05) is 37.8 Å². The third kappa shape index (κ3) is 4.25. The molecule has 0 bridgehead atoms. The van der Waals surface area contributed by atoms with Gasteiger partial charge in [0.2, 0.25) is 0 Å². The molecule has 1 amide bonds. The summed E-state index contributed by atoms with van der Waals surface area (Å²) in [7, 11) is 0. The number of aromatic nitrogens is 4. The molecule has 7 heteroatoms. The number of hydrogen-bond donors (Lipinski definition) is 0. The molecule has 1 aromatic carbocycles. The maximum atomic E-state index is 12.9. The van der Waals surface area contributed by atoms with Crippen LogP contribution in [-0.4, -0.2) is 43.4 Å². The van der Waals surface area contributed by atoms with E-state index >= 15 is 0 Å². The summed E-state index contributed by atoms with van der Waals surface area (Å²) >= 11 is 0. The molecule has 0 N–H and O–H groups in total. The maximum Gasteiger partial charge on any atom is 0.253 e. The first kappa shape index (κ1) is 20.2. The van der Waals surface area contributed by atoms with E-state index in [9.17, 15) is 9.59 Å². The molecule has 1 saturated heterocycles. The van der Waals surface area contributed by atoms with Gasteiger partial charge in [0.15, 0.2) is 0 Å². The Kier molecular flexibility index (Phi) is 5.37. The van der Waals surface area contributed by atoms with Crippen LogP contribution >= 0.6 is 0 Å². The Morgan fingerprint density at radius 2 is 1.73 bits per heavy atom. The molecule has 4 rings (SSSR count). The highest BCUT2D eigenvalue weighted by atomic mass is 16.2. The molecule has 30 heavy (non-hydrogen) atoms. The molecule has 0 spiro atoms. The molecule has 3 heterocycles. The molecule has 7 nitrogen and oxygen atoms in total. The average Bonchev–Trinajstić information content (AvgIpc) is 2.74. The summed E-state index contributed by atoms with van der Waals surface area (Å²) in [5.41, 5.74) is 2.81. The Hall–Kier alpha value is -3.09.